The van der Waals surface area contributed by atoms with E-state index in [9.17, 15) is 4.79 Å². The molecule has 0 bridgehead atoms. The highest BCUT2D eigenvalue weighted by molar-refractivity contribution is 6.76. The second kappa shape index (κ2) is 6.67. The van der Waals surface area contributed by atoms with Gasteiger partial charge in [-0.1, -0.05) is 76.7 Å². The summed E-state index contributed by atoms with van der Waals surface area (Å²) in [6.45, 7) is 0. The number of hydrogen-bond donors (Lipinski definition) is 0. The van der Waals surface area contributed by atoms with E-state index in [1.807, 2.05) is 6.07 Å². The lowest BCUT2D eigenvalue weighted by Crippen LogP contribution is -1.90. The van der Waals surface area contributed by atoms with Crippen LogP contribution in [0.1, 0.15) is 5.56 Å². The summed E-state index contributed by atoms with van der Waals surface area (Å²) in [7, 11) is 0. The van der Waals surface area contributed by atoms with Gasteiger partial charge in [-0.3, -0.25) is 4.79 Å². The minimum absolute atomic E-state index is 0.0291. The molecule has 0 aromatic heterocycles. The number of halogens is 5. The molecule has 1 rings (SSSR count). The minimum atomic E-state index is -0.896. The summed E-state index contributed by atoms with van der Waals surface area (Å²) in [5, 5.41) is -1.28. The van der Waals surface area contributed by atoms with Crippen LogP contribution < -0.4 is 0 Å². The van der Waals surface area contributed by atoms with Crippen molar-refractivity contribution in [3.05, 3.63) is 51.0 Å². The lowest BCUT2D eigenvalue weighted by atomic mass is 10.2. The topological polar surface area (TPSA) is 17.1 Å². The maximum Gasteiger partial charge on any atom is 0.265 e. The Balaban J connectivity index is 3.24. The van der Waals surface area contributed by atoms with Crippen LogP contribution in [0.3, 0.4) is 0 Å². The average Bonchev–Trinajstić information content (AvgIpc) is 2.36. The van der Waals surface area contributed by atoms with Crippen LogP contribution in [0.4, 0.5) is 0 Å². The van der Waals surface area contributed by atoms with Crippen molar-refractivity contribution in [2.24, 2.45) is 0 Å². The van der Waals surface area contributed by atoms with E-state index in [4.69, 9.17) is 58.0 Å². The van der Waals surface area contributed by atoms with Gasteiger partial charge in [-0.05, 0) is 17.2 Å². The highest BCUT2D eigenvalue weighted by Crippen LogP contribution is 2.35. The zero-order valence-electron chi connectivity index (χ0n) is 8.18. The molecule has 17 heavy (non-hydrogen) atoms. The van der Waals surface area contributed by atoms with Gasteiger partial charge < -0.3 is 0 Å². The zero-order valence-corrected chi connectivity index (χ0v) is 12.0. The van der Waals surface area contributed by atoms with Crippen molar-refractivity contribution in [2.45, 2.75) is 0 Å². The quantitative estimate of drug-likeness (QED) is 0.418. The molecule has 1 aromatic rings. The van der Waals surface area contributed by atoms with Crippen molar-refractivity contribution >= 4 is 68.3 Å². The molecule has 0 radical (unpaired) electrons. The maximum atomic E-state index is 10.8. The summed E-state index contributed by atoms with van der Waals surface area (Å²) in [5.41, 5.74) is 0.656. The van der Waals surface area contributed by atoms with Crippen LogP contribution in [0, 0.1) is 0 Å². The molecule has 0 unspecified atom stereocenters. The Hall–Kier alpha value is -0.180. The van der Waals surface area contributed by atoms with E-state index in [1.54, 1.807) is 24.3 Å². The highest BCUT2D eigenvalue weighted by Gasteiger charge is 2.15. The number of carbonyl (C=O) groups excluding carboxylic acids is 1. The van der Waals surface area contributed by atoms with E-state index < -0.39 is 5.24 Å². The van der Waals surface area contributed by atoms with Crippen LogP contribution >= 0.6 is 58.0 Å². The lowest BCUT2D eigenvalue weighted by molar-refractivity contribution is -0.108. The molecular weight excluding hydrogens is 325 g/mol. The third kappa shape index (κ3) is 3.90. The molecule has 0 N–H and O–H groups in total. The average molecular weight is 330 g/mol. The molecule has 0 amide bonds. The third-order valence-electron chi connectivity index (χ3n) is 1.78. The van der Waals surface area contributed by atoms with E-state index in [-0.39, 0.29) is 20.1 Å². The Kier molecular flexibility index (Phi) is 5.84. The summed E-state index contributed by atoms with van der Waals surface area (Å²) in [4.78, 5) is 10.8. The van der Waals surface area contributed by atoms with Crippen LogP contribution in [0.5, 0.6) is 0 Å². The summed E-state index contributed by atoms with van der Waals surface area (Å²) < 4.78 is 0. The van der Waals surface area contributed by atoms with Gasteiger partial charge in [0.2, 0.25) is 0 Å². The number of allylic oxidation sites excluding steroid dienone is 3. The van der Waals surface area contributed by atoms with Gasteiger partial charge in [0.05, 0.1) is 15.1 Å². The summed E-state index contributed by atoms with van der Waals surface area (Å²) in [6, 6.07) is 8.88. The molecule has 0 heterocycles. The summed E-state index contributed by atoms with van der Waals surface area (Å²) in [5.74, 6) is 0. The molecule has 0 saturated heterocycles. The van der Waals surface area contributed by atoms with Crippen LogP contribution in [0.15, 0.2) is 45.4 Å². The first kappa shape index (κ1) is 14.9. The predicted octanol–water partition coefficient (Wildman–Crippen LogP) is 5.29. The van der Waals surface area contributed by atoms with Gasteiger partial charge >= 0.3 is 0 Å². The van der Waals surface area contributed by atoms with Gasteiger partial charge in [0.15, 0.2) is 0 Å². The van der Waals surface area contributed by atoms with E-state index in [0.717, 1.165) is 0 Å². The first-order valence-electron chi connectivity index (χ1n) is 4.31. The van der Waals surface area contributed by atoms with Crippen LogP contribution in [0.25, 0.3) is 5.03 Å². The SMILES string of the molecule is O=C(Cl)C(Cl)=C(Cl)C(Cl)=C(Cl)c1ccccc1. The standard InChI is InChI=1S/C11H5Cl5O/c12-7(6-4-2-1-3-5-6)8(13)9(14)10(15)11(16)17/h1-5H. The van der Waals surface area contributed by atoms with Gasteiger partial charge in [-0.2, -0.15) is 0 Å². The van der Waals surface area contributed by atoms with E-state index >= 15 is 0 Å². The van der Waals surface area contributed by atoms with Gasteiger partial charge in [0.25, 0.3) is 5.24 Å². The smallest absolute Gasteiger partial charge is 0.265 e. The van der Waals surface area contributed by atoms with Crippen molar-refractivity contribution in [2.75, 3.05) is 0 Å². The zero-order chi connectivity index (χ0) is 13.0. The molecule has 6 heteroatoms. The fraction of sp³-hybridized carbons (Fsp3) is 0. The maximum absolute atomic E-state index is 10.8. The minimum Gasteiger partial charge on any atom is -0.275 e. The van der Waals surface area contributed by atoms with Crippen LogP contribution in [0.2, 0.25) is 0 Å². The lowest BCUT2D eigenvalue weighted by Gasteiger charge is -2.04. The Morgan fingerprint density at radius 3 is 1.76 bits per heavy atom. The van der Waals surface area contributed by atoms with Gasteiger partial charge in [-0.25, -0.2) is 0 Å². The fourth-order valence-electron chi connectivity index (χ4n) is 0.990. The Bertz CT molecular complexity index is 490. The summed E-state index contributed by atoms with van der Waals surface area (Å²) >= 11 is 28.5. The molecular formula is C11H5Cl5O. The molecule has 90 valence electrons. The molecule has 1 aromatic carbocycles. The Morgan fingerprint density at radius 2 is 1.29 bits per heavy atom. The molecule has 0 saturated carbocycles. The second-order valence-electron chi connectivity index (χ2n) is 2.90. The molecule has 0 aliphatic carbocycles. The number of carbonyl (C=O) groups is 1. The van der Waals surface area contributed by atoms with E-state index in [0.29, 0.717) is 5.56 Å². The molecule has 1 nitrogen and oxygen atoms in total. The van der Waals surface area contributed by atoms with E-state index in [1.165, 1.54) is 0 Å². The summed E-state index contributed by atoms with van der Waals surface area (Å²) in [6.07, 6.45) is 0. The predicted molar refractivity (Wildman–Crippen MR) is 74.7 cm³/mol. The monoisotopic (exact) mass is 328 g/mol. The number of benzene rings is 1. The van der Waals surface area contributed by atoms with Crippen molar-refractivity contribution in [3.63, 3.8) is 0 Å². The normalized spacial score (nSPS) is 13.9. The molecule has 0 fully saturated rings. The van der Waals surface area contributed by atoms with E-state index in [2.05, 4.69) is 0 Å². The van der Waals surface area contributed by atoms with Gasteiger partial charge in [-0.15, -0.1) is 0 Å². The molecule has 0 spiro atoms. The van der Waals surface area contributed by atoms with Crippen LogP contribution in [-0.2, 0) is 4.79 Å². The van der Waals surface area contributed by atoms with Crippen molar-refractivity contribution in [3.8, 4) is 0 Å². The van der Waals surface area contributed by atoms with Crippen molar-refractivity contribution in [1.82, 2.24) is 0 Å². The molecule has 0 aliphatic heterocycles. The molecule has 0 atom stereocenters. The van der Waals surface area contributed by atoms with Gasteiger partial charge in [0.1, 0.15) is 5.03 Å². The Morgan fingerprint density at radius 1 is 0.765 bits per heavy atom. The first-order valence-corrected chi connectivity index (χ1v) is 6.20. The first-order chi connectivity index (χ1) is 7.95. The van der Waals surface area contributed by atoms with Crippen LogP contribution in [-0.4, -0.2) is 5.24 Å². The second-order valence-corrected chi connectivity index (χ2v) is 4.75. The largest absolute Gasteiger partial charge is 0.275 e. The number of hydrogen-bond acceptors (Lipinski definition) is 1. The molecule has 0 aliphatic rings. The Labute approximate surface area is 124 Å². The van der Waals surface area contributed by atoms with Crippen molar-refractivity contribution in [1.29, 1.82) is 0 Å². The third-order valence-corrected chi connectivity index (χ3v) is 3.88. The highest BCUT2D eigenvalue weighted by atomic mass is 35.5. The number of rotatable bonds is 3. The van der Waals surface area contributed by atoms with Crippen molar-refractivity contribution < 1.29 is 4.79 Å². The fourth-order valence-corrected chi connectivity index (χ4v) is 1.93. The van der Waals surface area contributed by atoms with Gasteiger partial charge in [0, 0.05) is 0 Å².